The largest absolute Gasteiger partial charge is 0.289 e. The molecule has 0 amide bonds. The zero-order chi connectivity index (χ0) is 18.2. The van der Waals surface area contributed by atoms with Gasteiger partial charge in [-0.3, -0.25) is 4.79 Å². The number of halogens is 3. The van der Waals surface area contributed by atoms with Crippen molar-refractivity contribution in [1.82, 2.24) is 0 Å². The molecule has 0 aliphatic carbocycles. The maximum absolute atomic E-state index is 12.6. The van der Waals surface area contributed by atoms with Crippen LogP contribution < -0.4 is 0 Å². The summed E-state index contributed by atoms with van der Waals surface area (Å²) in [5.41, 5.74) is 4.38. The third-order valence-electron chi connectivity index (χ3n) is 4.39. The molecule has 4 heteroatoms. The topological polar surface area (TPSA) is 17.1 Å². The van der Waals surface area contributed by atoms with Crippen LogP contribution in [0.3, 0.4) is 0 Å². The zero-order valence-electron chi connectivity index (χ0n) is 15.1. The van der Waals surface area contributed by atoms with Gasteiger partial charge in [0.25, 0.3) is 3.79 Å². The lowest BCUT2D eigenvalue weighted by Crippen LogP contribution is -2.22. The summed E-state index contributed by atoms with van der Waals surface area (Å²) >= 11 is 17.7. The number of alkyl halides is 3. The van der Waals surface area contributed by atoms with Crippen molar-refractivity contribution in [2.45, 2.75) is 82.4 Å². The van der Waals surface area contributed by atoms with E-state index in [1.165, 1.54) is 11.1 Å². The number of benzene rings is 1. The van der Waals surface area contributed by atoms with Crippen molar-refractivity contribution in [1.29, 1.82) is 0 Å². The fourth-order valence-electron chi connectivity index (χ4n) is 3.01. The Morgan fingerprint density at radius 3 is 1.83 bits per heavy atom. The Bertz CT molecular complexity index is 532. The van der Waals surface area contributed by atoms with Crippen LogP contribution in [0.1, 0.15) is 86.3 Å². The summed E-state index contributed by atoms with van der Waals surface area (Å²) in [5, 5.41) is 0. The third-order valence-corrected chi connectivity index (χ3v) is 4.91. The number of hydrogen-bond acceptors (Lipinski definition) is 1. The Labute approximate surface area is 162 Å². The molecule has 0 N–H and O–H groups in total. The van der Waals surface area contributed by atoms with Crippen LogP contribution in [0.5, 0.6) is 0 Å². The summed E-state index contributed by atoms with van der Waals surface area (Å²) in [6.07, 6.45) is 9.59. The van der Waals surface area contributed by atoms with Gasteiger partial charge < -0.3 is 0 Å². The molecule has 0 aromatic heterocycles. The highest BCUT2D eigenvalue weighted by atomic mass is 35.6. The smallest absolute Gasteiger partial charge is 0.253 e. The average molecular weight is 392 g/mol. The van der Waals surface area contributed by atoms with Crippen LogP contribution in [0.15, 0.2) is 12.1 Å². The molecule has 1 aromatic carbocycles. The van der Waals surface area contributed by atoms with Gasteiger partial charge >= 0.3 is 0 Å². The van der Waals surface area contributed by atoms with Crippen LogP contribution >= 0.6 is 34.8 Å². The second-order valence-corrected chi connectivity index (χ2v) is 8.65. The summed E-state index contributed by atoms with van der Waals surface area (Å²) in [5.74, 6) is -0.404. The van der Waals surface area contributed by atoms with Gasteiger partial charge in [-0.1, -0.05) is 87.0 Å². The number of carbonyl (C=O) groups is 1. The quantitative estimate of drug-likeness (QED) is 0.303. The van der Waals surface area contributed by atoms with Gasteiger partial charge in [0.05, 0.1) is 0 Å². The summed E-state index contributed by atoms with van der Waals surface area (Å²) in [7, 11) is 0. The Morgan fingerprint density at radius 2 is 1.33 bits per heavy atom. The van der Waals surface area contributed by atoms with Crippen LogP contribution in [0.4, 0.5) is 0 Å². The fraction of sp³-hybridized carbons (Fsp3) is 0.650. The van der Waals surface area contributed by atoms with Gasteiger partial charge in [0, 0.05) is 5.56 Å². The van der Waals surface area contributed by atoms with Gasteiger partial charge in [-0.2, -0.15) is 0 Å². The molecule has 0 saturated carbocycles. The van der Waals surface area contributed by atoms with E-state index in [2.05, 4.69) is 26.8 Å². The Kier molecular flexibility index (Phi) is 9.71. The minimum atomic E-state index is -1.89. The van der Waals surface area contributed by atoms with Crippen molar-refractivity contribution in [2.75, 3.05) is 0 Å². The molecule has 0 unspecified atom stereocenters. The van der Waals surface area contributed by atoms with Gasteiger partial charge in [0.15, 0.2) is 0 Å². The van der Waals surface area contributed by atoms with Crippen LogP contribution in [0.2, 0.25) is 0 Å². The number of unbranched alkanes of at least 4 members (excludes halogenated alkanes) is 3. The van der Waals surface area contributed by atoms with Crippen molar-refractivity contribution in [3.63, 3.8) is 0 Å². The first-order valence-electron chi connectivity index (χ1n) is 9.11. The van der Waals surface area contributed by atoms with Crippen LogP contribution in [-0.2, 0) is 19.3 Å². The number of rotatable bonds is 10. The molecule has 0 atom stereocenters. The molecule has 0 radical (unpaired) electrons. The molecule has 136 valence electrons. The first-order chi connectivity index (χ1) is 11.4. The highest BCUT2D eigenvalue weighted by Crippen LogP contribution is 2.34. The highest BCUT2D eigenvalue weighted by molar-refractivity contribution is 6.77. The number of hydrogen-bond donors (Lipinski definition) is 0. The van der Waals surface area contributed by atoms with E-state index in [4.69, 9.17) is 34.8 Å². The summed E-state index contributed by atoms with van der Waals surface area (Å²) < 4.78 is -1.89. The van der Waals surface area contributed by atoms with Crippen LogP contribution in [0.25, 0.3) is 0 Å². The van der Waals surface area contributed by atoms with E-state index in [9.17, 15) is 4.79 Å². The predicted octanol–water partition coefficient (Wildman–Crippen LogP) is 7.27. The predicted molar refractivity (Wildman–Crippen MR) is 107 cm³/mol. The van der Waals surface area contributed by atoms with Gasteiger partial charge in [-0.25, -0.2) is 0 Å². The van der Waals surface area contributed by atoms with E-state index in [0.717, 1.165) is 63.4 Å². The molecule has 1 nitrogen and oxygen atoms in total. The van der Waals surface area contributed by atoms with Crippen molar-refractivity contribution in [3.8, 4) is 0 Å². The van der Waals surface area contributed by atoms with E-state index in [0.29, 0.717) is 5.56 Å². The SMILES string of the molecule is CCCCc1ccc(C(=O)C(Cl)(Cl)Cl)c(CCCC)c1CCCC. The molecule has 1 aromatic rings. The number of aryl methyl sites for hydroxylation is 1. The minimum absolute atomic E-state index is 0.404. The van der Waals surface area contributed by atoms with E-state index >= 15 is 0 Å². The number of carbonyl (C=O) groups excluding carboxylic acids is 1. The van der Waals surface area contributed by atoms with E-state index in [-0.39, 0.29) is 0 Å². The molecule has 1 rings (SSSR count). The maximum Gasteiger partial charge on any atom is 0.253 e. The summed E-state index contributed by atoms with van der Waals surface area (Å²) in [6, 6.07) is 3.94. The van der Waals surface area contributed by atoms with Crippen molar-refractivity contribution in [3.05, 3.63) is 34.4 Å². The second-order valence-electron chi connectivity index (χ2n) is 6.37. The second kappa shape index (κ2) is 10.7. The number of Topliss-reactive ketones (excluding diaryl/α,β-unsaturated/α-hetero) is 1. The summed E-state index contributed by atoms with van der Waals surface area (Å²) in [6.45, 7) is 6.54. The average Bonchev–Trinajstić information content (AvgIpc) is 2.54. The van der Waals surface area contributed by atoms with Crippen molar-refractivity contribution in [2.24, 2.45) is 0 Å². The molecule has 0 heterocycles. The Morgan fingerprint density at radius 1 is 0.833 bits per heavy atom. The molecule has 0 aliphatic rings. The monoisotopic (exact) mass is 390 g/mol. The third kappa shape index (κ3) is 6.24. The molecule has 0 fully saturated rings. The van der Waals surface area contributed by atoms with Gasteiger partial charge in [-0.05, 0) is 55.2 Å². The molecule has 0 spiro atoms. The first kappa shape index (κ1) is 21.8. The fourth-order valence-corrected chi connectivity index (χ4v) is 3.32. The lowest BCUT2D eigenvalue weighted by molar-refractivity contribution is 0.0995. The molecule has 24 heavy (non-hydrogen) atoms. The molecule has 0 aliphatic heterocycles. The van der Waals surface area contributed by atoms with E-state index < -0.39 is 9.58 Å². The molecular formula is C20H29Cl3O. The normalized spacial score (nSPS) is 11.8. The molecule has 0 saturated heterocycles. The summed E-state index contributed by atoms with van der Waals surface area (Å²) in [4.78, 5) is 12.6. The Balaban J connectivity index is 3.39. The standard InChI is InChI=1S/C20H29Cl3O/c1-4-7-10-15-13-14-18(19(24)20(21,22)23)17(12-9-6-3)16(15)11-8-5-2/h13-14H,4-12H2,1-3H3. The maximum atomic E-state index is 12.6. The Hall–Kier alpha value is -0.240. The molecule has 0 bridgehead atoms. The van der Waals surface area contributed by atoms with E-state index in [1.54, 1.807) is 0 Å². The van der Waals surface area contributed by atoms with Crippen molar-refractivity contribution >= 4 is 40.6 Å². The highest BCUT2D eigenvalue weighted by Gasteiger charge is 2.33. The van der Waals surface area contributed by atoms with E-state index in [1.807, 2.05) is 6.07 Å². The first-order valence-corrected chi connectivity index (χ1v) is 10.2. The van der Waals surface area contributed by atoms with Gasteiger partial charge in [-0.15, -0.1) is 0 Å². The zero-order valence-corrected chi connectivity index (χ0v) is 17.3. The number of ketones is 1. The lowest BCUT2D eigenvalue weighted by Gasteiger charge is -2.20. The lowest BCUT2D eigenvalue weighted by atomic mass is 9.86. The van der Waals surface area contributed by atoms with Crippen LogP contribution in [0, 0.1) is 0 Å². The van der Waals surface area contributed by atoms with Crippen LogP contribution in [-0.4, -0.2) is 9.58 Å². The van der Waals surface area contributed by atoms with Crippen molar-refractivity contribution < 1.29 is 4.79 Å². The molecular weight excluding hydrogens is 363 g/mol. The van der Waals surface area contributed by atoms with Gasteiger partial charge in [0.2, 0.25) is 5.78 Å². The van der Waals surface area contributed by atoms with Gasteiger partial charge in [0.1, 0.15) is 0 Å². The minimum Gasteiger partial charge on any atom is -0.289 e.